The van der Waals surface area contributed by atoms with Crippen molar-refractivity contribution in [3.8, 4) is 0 Å². The van der Waals surface area contributed by atoms with Crippen LogP contribution < -0.4 is 10.9 Å². The molecule has 1 aliphatic rings. The average molecular weight is 409 g/mol. The van der Waals surface area contributed by atoms with E-state index in [9.17, 15) is 9.59 Å². The van der Waals surface area contributed by atoms with Gasteiger partial charge in [-0.2, -0.15) is 5.10 Å². The number of thioether (sulfide) groups is 1. The van der Waals surface area contributed by atoms with E-state index in [4.69, 9.17) is 16.3 Å². The van der Waals surface area contributed by atoms with E-state index in [0.717, 1.165) is 30.2 Å². The van der Waals surface area contributed by atoms with E-state index in [1.54, 1.807) is 6.07 Å². The second-order valence-corrected chi connectivity index (χ2v) is 7.64. The molecule has 3 rings (SSSR count). The fourth-order valence-electron chi connectivity index (χ4n) is 2.77. The lowest BCUT2D eigenvalue weighted by Crippen LogP contribution is -2.47. The minimum absolute atomic E-state index is 0.0434. The highest BCUT2D eigenvalue weighted by atomic mass is 35.5. The molecule has 1 amide bonds. The van der Waals surface area contributed by atoms with Crippen LogP contribution in [0.4, 0.5) is 0 Å². The number of nitrogens with one attached hydrogen (secondary N) is 2. The molecule has 144 valence electrons. The molecular formula is C18H21ClN4O3S. The minimum atomic E-state index is -0.263. The van der Waals surface area contributed by atoms with Crippen LogP contribution in [0.1, 0.15) is 5.56 Å². The molecule has 1 unspecified atom stereocenters. The Morgan fingerprint density at radius 3 is 3.07 bits per heavy atom. The number of carbonyl (C=O) groups is 1. The predicted molar refractivity (Wildman–Crippen MR) is 105 cm³/mol. The number of halogens is 1. The van der Waals surface area contributed by atoms with Crippen LogP contribution in [0.15, 0.2) is 46.2 Å². The first-order valence-corrected chi connectivity index (χ1v) is 9.98. The number of H-pyrrole nitrogens is 1. The molecule has 0 saturated carbocycles. The molecule has 1 fully saturated rings. The molecule has 0 aliphatic carbocycles. The highest BCUT2D eigenvalue weighted by Crippen LogP contribution is 2.15. The summed E-state index contributed by atoms with van der Waals surface area (Å²) >= 11 is 7.31. The average Bonchev–Trinajstić information content (AvgIpc) is 2.66. The van der Waals surface area contributed by atoms with E-state index in [2.05, 4.69) is 26.5 Å². The molecule has 2 N–H and O–H groups in total. The Balaban J connectivity index is 1.40. The van der Waals surface area contributed by atoms with Crippen LogP contribution in [0.5, 0.6) is 0 Å². The number of rotatable bonds is 7. The van der Waals surface area contributed by atoms with Crippen molar-refractivity contribution in [1.82, 2.24) is 20.4 Å². The summed E-state index contributed by atoms with van der Waals surface area (Å²) in [6, 6.07) is 10.8. The molecule has 2 heterocycles. The number of aromatic nitrogens is 2. The molecule has 1 saturated heterocycles. The Morgan fingerprint density at radius 1 is 1.41 bits per heavy atom. The molecule has 1 aliphatic heterocycles. The number of hydrogen-bond donors (Lipinski definition) is 2. The summed E-state index contributed by atoms with van der Waals surface area (Å²) in [5, 5.41) is 10.4. The molecule has 1 aromatic carbocycles. The van der Waals surface area contributed by atoms with Crippen LogP contribution in [0, 0.1) is 0 Å². The van der Waals surface area contributed by atoms with Gasteiger partial charge >= 0.3 is 0 Å². The monoisotopic (exact) mass is 408 g/mol. The Hall–Kier alpha value is -1.87. The maximum Gasteiger partial charge on any atom is 0.264 e. The molecule has 27 heavy (non-hydrogen) atoms. The van der Waals surface area contributed by atoms with Gasteiger partial charge in [-0.25, -0.2) is 5.10 Å². The van der Waals surface area contributed by atoms with Crippen molar-refractivity contribution in [2.75, 3.05) is 32.0 Å². The molecule has 1 aromatic heterocycles. The zero-order valence-electron chi connectivity index (χ0n) is 14.7. The maximum atomic E-state index is 12.0. The standard InChI is InChI=1S/C18H21ClN4O3S/c19-14-3-1-2-13(8-14)10-23-6-7-26-15(11-23)9-20-17(25)12-27-18-5-4-16(24)21-22-18/h1-5,8,15H,6-7,9-12H2,(H,20,25)(H,21,24). The molecule has 1 atom stereocenters. The van der Waals surface area contributed by atoms with E-state index in [0.29, 0.717) is 18.2 Å². The van der Waals surface area contributed by atoms with Crippen molar-refractivity contribution in [1.29, 1.82) is 0 Å². The predicted octanol–water partition coefficient (Wildman–Crippen LogP) is 1.53. The normalized spacial score (nSPS) is 17.6. The molecule has 9 heteroatoms. The summed E-state index contributed by atoms with van der Waals surface area (Å²) in [5.41, 5.74) is 0.901. The molecule has 0 spiro atoms. The van der Waals surface area contributed by atoms with E-state index >= 15 is 0 Å². The highest BCUT2D eigenvalue weighted by Gasteiger charge is 2.21. The number of benzene rings is 1. The van der Waals surface area contributed by atoms with Crippen molar-refractivity contribution >= 4 is 29.3 Å². The van der Waals surface area contributed by atoms with Crippen LogP contribution in [-0.4, -0.2) is 59.1 Å². The fourth-order valence-corrected chi connectivity index (χ4v) is 3.64. The van der Waals surface area contributed by atoms with Gasteiger partial charge in [0.15, 0.2) is 0 Å². The Bertz CT molecular complexity index is 812. The number of nitrogens with zero attached hydrogens (tertiary/aromatic N) is 2. The first-order valence-electron chi connectivity index (χ1n) is 8.62. The molecule has 0 radical (unpaired) electrons. The smallest absolute Gasteiger partial charge is 0.264 e. The van der Waals surface area contributed by atoms with Crippen LogP contribution in [0.25, 0.3) is 0 Å². The van der Waals surface area contributed by atoms with Crippen LogP contribution in [0.2, 0.25) is 5.02 Å². The number of amides is 1. The van der Waals surface area contributed by atoms with Gasteiger partial charge in [-0.05, 0) is 23.8 Å². The van der Waals surface area contributed by atoms with Crippen molar-refractivity contribution in [3.63, 3.8) is 0 Å². The maximum absolute atomic E-state index is 12.0. The van der Waals surface area contributed by atoms with Crippen molar-refractivity contribution in [3.05, 3.63) is 57.3 Å². The van der Waals surface area contributed by atoms with Crippen LogP contribution in [-0.2, 0) is 16.1 Å². The first kappa shape index (κ1) is 19.9. The zero-order valence-corrected chi connectivity index (χ0v) is 16.3. The van der Waals surface area contributed by atoms with Crippen LogP contribution in [0.3, 0.4) is 0 Å². The van der Waals surface area contributed by atoms with Crippen molar-refractivity contribution in [2.45, 2.75) is 17.7 Å². The number of hydrogen-bond acceptors (Lipinski definition) is 6. The summed E-state index contributed by atoms with van der Waals surface area (Å²) in [7, 11) is 0. The van der Waals surface area contributed by atoms with Gasteiger partial charge in [0.25, 0.3) is 5.56 Å². The van der Waals surface area contributed by atoms with Gasteiger partial charge in [0, 0.05) is 37.3 Å². The van der Waals surface area contributed by atoms with Gasteiger partial charge < -0.3 is 10.1 Å². The Kier molecular flexibility index (Phi) is 7.28. The van der Waals surface area contributed by atoms with E-state index in [1.807, 2.05) is 18.2 Å². The third-order valence-electron chi connectivity index (χ3n) is 4.05. The minimum Gasteiger partial charge on any atom is -0.374 e. The number of morpholine rings is 1. The number of carbonyl (C=O) groups excluding carboxylic acids is 1. The molecule has 7 nitrogen and oxygen atoms in total. The second kappa shape index (κ2) is 9.89. The largest absolute Gasteiger partial charge is 0.374 e. The Morgan fingerprint density at radius 2 is 2.30 bits per heavy atom. The fraction of sp³-hybridized carbons (Fsp3) is 0.389. The third kappa shape index (κ3) is 6.66. The van der Waals surface area contributed by atoms with Gasteiger partial charge in [-0.1, -0.05) is 35.5 Å². The van der Waals surface area contributed by atoms with Gasteiger partial charge in [0.2, 0.25) is 5.91 Å². The molecule has 0 bridgehead atoms. The third-order valence-corrected chi connectivity index (χ3v) is 5.21. The Labute approximate surface area is 166 Å². The van der Waals surface area contributed by atoms with Crippen molar-refractivity contribution in [2.24, 2.45) is 0 Å². The quantitative estimate of drug-likeness (QED) is 0.675. The molecular weight excluding hydrogens is 388 g/mol. The van der Waals surface area contributed by atoms with Crippen LogP contribution >= 0.6 is 23.4 Å². The van der Waals surface area contributed by atoms with Gasteiger partial charge in [-0.15, -0.1) is 0 Å². The number of aromatic amines is 1. The van der Waals surface area contributed by atoms with Gasteiger partial charge in [0.1, 0.15) is 5.03 Å². The van der Waals surface area contributed by atoms with Crippen molar-refractivity contribution < 1.29 is 9.53 Å². The lowest BCUT2D eigenvalue weighted by molar-refractivity contribution is -0.119. The second-order valence-electron chi connectivity index (χ2n) is 6.21. The summed E-state index contributed by atoms with van der Waals surface area (Å²) in [4.78, 5) is 25.3. The lowest BCUT2D eigenvalue weighted by atomic mass is 10.2. The van der Waals surface area contributed by atoms with E-state index in [1.165, 1.54) is 17.8 Å². The summed E-state index contributed by atoms with van der Waals surface area (Å²) < 4.78 is 5.75. The molecule has 2 aromatic rings. The van der Waals surface area contributed by atoms with Gasteiger partial charge in [-0.3, -0.25) is 14.5 Å². The number of ether oxygens (including phenoxy) is 1. The summed E-state index contributed by atoms with van der Waals surface area (Å²) in [6.07, 6.45) is -0.0434. The topological polar surface area (TPSA) is 87.3 Å². The summed E-state index contributed by atoms with van der Waals surface area (Å²) in [6.45, 7) is 3.51. The lowest BCUT2D eigenvalue weighted by Gasteiger charge is -2.33. The van der Waals surface area contributed by atoms with E-state index in [-0.39, 0.29) is 23.3 Å². The van der Waals surface area contributed by atoms with Gasteiger partial charge in [0.05, 0.1) is 18.5 Å². The summed E-state index contributed by atoms with van der Waals surface area (Å²) in [5.74, 6) is 0.140. The van der Waals surface area contributed by atoms with E-state index < -0.39 is 0 Å². The highest BCUT2D eigenvalue weighted by molar-refractivity contribution is 7.99. The SMILES string of the molecule is O=C(CSc1ccc(=O)[nH]n1)NCC1CN(Cc2cccc(Cl)c2)CCO1. The first-order chi connectivity index (χ1) is 13.1. The zero-order chi connectivity index (χ0) is 19.1.